The van der Waals surface area contributed by atoms with Crippen molar-refractivity contribution in [1.29, 1.82) is 0 Å². The van der Waals surface area contributed by atoms with Gasteiger partial charge in [0.2, 0.25) is 0 Å². The molecule has 4 nitrogen and oxygen atoms in total. The van der Waals surface area contributed by atoms with Gasteiger partial charge < -0.3 is 4.74 Å². The predicted molar refractivity (Wildman–Crippen MR) is 23.1 cm³/mol. The van der Waals surface area contributed by atoms with Crippen molar-refractivity contribution in [2.75, 3.05) is 7.11 Å². The number of hydrogen-bond acceptors (Lipinski definition) is 3. The molecule has 0 atom stereocenters. The van der Waals surface area contributed by atoms with Crippen LogP contribution in [0.15, 0.2) is 12.5 Å². The molecule has 0 aliphatic heterocycles. The van der Waals surface area contributed by atoms with Gasteiger partial charge in [0.05, 0.1) is 12.0 Å². The van der Waals surface area contributed by atoms with Crippen molar-refractivity contribution in [2.45, 2.75) is 0 Å². The summed E-state index contributed by atoms with van der Waals surface area (Å²) < 4.78 is 4.23. The van der Waals surface area contributed by atoms with Gasteiger partial charge in [0, 0.05) is 0 Å². The molecule has 40 valence electrons. The first-order valence-corrected chi connectivity index (χ1v) is 1.60. The molecular weight excluding hydrogens is 98.0 g/mol. The SMILES string of the molecule is CO/C=C/[N+](=O)[O-]. The van der Waals surface area contributed by atoms with E-state index in [9.17, 15) is 10.1 Å². The summed E-state index contributed by atoms with van der Waals surface area (Å²) in [6.07, 6.45) is 1.72. The van der Waals surface area contributed by atoms with Crippen molar-refractivity contribution >= 4 is 0 Å². The van der Waals surface area contributed by atoms with Crippen LogP contribution < -0.4 is 0 Å². The molecule has 4 heteroatoms. The van der Waals surface area contributed by atoms with Crippen molar-refractivity contribution in [3.63, 3.8) is 0 Å². The largest absolute Gasteiger partial charge is 0.498 e. The minimum absolute atomic E-state index is 0.594. The quantitative estimate of drug-likeness (QED) is 0.288. The third-order valence-electron chi connectivity index (χ3n) is 0.319. The van der Waals surface area contributed by atoms with Gasteiger partial charge >= 0.3 is 0 Å². The Labute approximate surface area is 40.5 Å². The van der Waals surface area contributed by atoms with E-state index < -0.39 is 4.92 Å². The molecular formula is C3H5NO3. The van der Waals surface area contributed by atoms with Gasteiger partial charge in [-0.3, -0.25) is 10.1 Å². The second-order valence-electron chi connectivity index (χ2n) is 0.806. The fourth-order valence-electron chi connectivity index (χ4n) is 0.111. The summed E-state index contributed by atoms with van der Waals surface area (Å²) in [5, 5.41) is 9.40. The maximum Gasteiger partial charge on any atom is 0.268 e. The lowest BCUT2D eigenvalue weighted by atomic mass is 11.0. The summed E-state index contributed by atoms with van der Waals surface area (Å²) in [7, 11) is 1.35. The zero-order chi connectivity index (χ0) is 5.70. The van der Waals surface area contributed by atoms with Crippen LogP contribution in [0.2, 0.25) is 0 Å². The van der Waals surface area contributed by atoms with E-state index in [1.807, 2.05) is 0 Å². The van der Waals surface area contributed by atoms with Crippen molar-refractivity contribution in [3.8, 4) is 0 Å². The summed E-state index contributed by atoms with van der Waals surface area (Å²) in [5.41, 5.74) is 0. The molecule has 7 heavy (non-hydrogen) atoms. The summed E-state index contributed by atoms with van der Waals surface area (Å²) >= 11 is 0. The second kappa shape index (κ2) is 3.14. The van der Waals surface area contributed by atoms with E-state index in [4.69, 9.17) is 0 Å². The Balaban J connectivity index is 3.26. The van der Waals surface area contributed by atoms with Gasteiger partial charge in [-0.2, -0.15) is 0 Å². The smallest absolute Gasteiger partial charge is 0.268 e. The lowest BCUT2D eigenvalue weighted by Gasteiger charge is -1.78. The number of ether oxygens (including phenoxy) is 1. The van der Waals surface area contributed by atoms with Crippen LogP contribution in [0, 0.1) is 10.1 Å². The normalized spacial score (nSPS) is 9.29. The Bertz CT molecular complexity index is 88.2. The molecule has 0 unspecified atom stereocenters. The van der Waals surface area contributed by atoms with Crippen LogP contribution in [0.25, 0.3) is 0 Å². The first-order valence-electron chi connectivity index (χ1n) is 1.60. The number of methoxy groups -OCH3 is 1. The Morgan fingerprint density at radius 2 is 2.43 bits per heavy atom. The van der Waals surface area contributed by atoms with Gasteiger partial charge in [-0.1, -0.05) is 0 Å². The first kappa shape index (κ1) is 5.94. The highest BCUT2D eigenvalue weighted by molar-refractivity contribution is 4.56. The second-order valence-corrected chi connectivity index (χ2v) is 0.806. The van der Waals surface area contributed by atoms with E-state index in [1.54, 1.807) is 0 Å². The minimum atomic E-state index is -0.594. The van der Waals surface area contributed by atoms with Gasteiger partial charge in [0.15, 0.2) is 6.26 Å². The molecule has 0 heterocycles. The summed E-state index contributed by atoms with van der Waals surface area (Å²) in [5.74, 6) is 0. The zero-order valence-corrected chi connectivity index (χ0v) is 3.83. The van der Waals surface area contributed by atoms with Crippen LogP contribution in [0.4, 0.5) is 0 Å². The van der Waals surface area contributed by atoms with Crippen molar-refractivity contribution in [1.82, 2.24) is 0 Å². The van der Waals surface area contributed by atoms with Gasteiger partial charge in [-0.15, -0.1) is 0 Å². The molecule has 0 saturated carbocycles. The lowest BCUT2D eigenvalue weighted by Crippen LogP contribution is -1.81. The third-order valence-corrected chi connectivity index (χ3v) is 0.319. The fraction of sp³-hybridized carbons (Fsp3) is 0.333. The van der Waals surface area contributed by atoms with Crippen LogP contribution in [-0.2, 0) is 4.74 Å². The zero-order valence-electron chi connectivity index (χ0n) is 3.83. The number of nitro groups is 1. The average molecular weight is 103 g/mol. The Hall–Kier alpha value is -1.06. The van der Waals surface area contributed by atoms with Crippen LogP contribution >= 0.6 is 0 Å². The molecule has 0 aromatic heterocycles. The molecule has 0 bridgehead atoms. The van der Waals surface area contributed by atoms with E-state index in [2.05, 4.69) is 4.74 Å². The molecule has 0 aliphatic rings. The monoisotopic (exact) mass is 103 g/mol. The summed E-state index contributed by atoms with van der Waals surface area (Å²) in [6, 6.07) is 0. The minimum Gasteiger partial charge on any atom is -0.498 e. The van der Waals surface area contributed by atoms with Gasteiger partial charge in [-0.05, 0) is 0 Å². The standard InChI is InChI=1S/C3H5NO3/c1-7-3-2-4(5)6/h2-3H,1H3/b3-2+. The molecule has 0 rings (SSSR count). The molecule has 0 N–H and O–H groups in total. The van der Waals surface area contributed by atoms with Gasteiger partial charge in [-0.25, -0.2) is 0 Å². The van der Waals surface area contributed by atoms with Crippen LogP contribution in [0.3, 0.4) is 0 Å². The van der Waals surface area contributed by atoms with Crippen molar-refractivity contribution < 1.29 is 9.66 Å². The van der Waals surface area contributed by atoms with E-state index in [0.29, 0.717) is 0 Å². The van der Waals surface area contributed by atoms with Crippen molar-refractivity contribution in [3.05, 3.63) is 22.6 Å². The van der Waals surface area contributed by atoms with Crippen LogP contribution in [0.5, 0.6) is 0 Å². The molecule has 0 saturated heterocycles. The van der Waals surface area contributed by atoms with E-state index in [-0.39, 0.29) is 0 Å². The van der Waals surface area contributed by atoms with E-state index in [0.717, 1.165) is 12.5 Å². The van der Waals surface area contributed by atoms with Gasteiger partial charge in [0.25, 0.3) is 6.20 Å². The van der Waals surface area contributed by atoms with Gasteiger partial charge in [0.1, 0.15) is 0 Å². The highest BCUT2D eigenvalue weighted by Crippen LogP contribution is 1.71. The summed E-state index contributed by atoms with van der Waals surface area (Å²) in [6.45, 7) is 0. The number of rotatable bonds is 2. The van der Waals surface area contributed by atoms with Crippen LogP contribution in [0.1, 0.15) is 0 Å². The summed E-state index contributed by atoms with van der Waals surface area (Å²) in [4.78, 5) is 8.80. The molecule has 0 spiro atoms. The molecule has 0 radical (unpaired) electrons. The Morgan fingerprint density at radius 1 is 1.86 bits per heavy atom. The number of nitrogens with zero attached hydrogens (tertiary/aromatic N) is 1. The molecule has 0 fully saturated rings. The Morgan fingerprint density at radius 3 is 2.57 bits per heavy atom. The van der Waals surface area contributed by atoms with E-state index >= 15 is 0 Å². The average Bonchev–Trinajstić information content (AvgIpc) is 1.61. The van der Waals surface area contributed by atoms with E-state index in [1.165, 1.54) is 7.11 Å². The lowest BCUT2D eigenvalue weighted by molar-refractivity contribution is -0.403. The third kappa shape index (κ3) is 4.94. The topological polar surface area (TPSA) is 52.4 Å². The highest BCUT2D eigenvalue weighted by Gasteiger charge is 1.78. The first-order chi connectivity index (χ1) is 3.27. The Kier molecular flexibility index (Phi) is 2.67. The maximum absolute atomic E-state index is 9.40. The molecule has 0 aromatic rings. The maximum atomic E-state index is 9.40. The highest BCUT2D eigenvalue weighted by atomic mass is 16.6. The number of hydrogen-bond donors (Lipinski definition) is 0. The van der Waals surface area contributed by atoms with Crippen LogP contribution in [-0.4, -0.2) is 12.0 Å². The molecule has 0 aliphatic carbocycles. The molecule has 0 aromatic carbocycles. The molecule has 0 amide bonds. The predicted octanol–water partition coefficient (Wildman–Crippen LogP) is 0.381. The van der Waals surface area contributed by atoms with Crippen molar-refractivity contribution in [2.24, 2.45) is 0 Å². The fourth-order valence-corrected chi connectivity index (χ4v) is 0.111.